The number of carbonyl (C=O) groups is 1. The Bertz CT molecular complexity index is 844. The number of fused-ring (bicyclic) bond motifs is 1. The summed E-state index contributed by atoms with van der Waals surface area (Å²) >= 11 is 0. The number of hydrogen-bond acceptors (Lipinski definition) is 4. The van der Waals surface area contributed by atoms with Gasteiger partial charge in [-0.3, -0.25) is 9.69 Å². The molecule has 1 aliphatic carbocycles. The molecule has 2 N–H and O–H groups in total. The van der Waals surface area contributed by atoms with Crippen molar-refractivity contribution in [2.24, 2.45) is 0 Å². The first kappa shape index (κ1) is 21.0. The first-order valence-electron chi connectivity index (χ1n) is 11.0. The number of hydrogen-bond donors (Lipinski definition) is 2. The van der Waals surface area contributed by atoms with Crippen LogP contribution in [0, 0.1) is 6.92 Å². The maximum absolute atomic E-state index is 13.0. The van der Waals surface area contributed by atoms with Crippen LogP contribution in [0.2, 0.25) is 0 Å². The van der Waals surface area contributed by atoms with Crippen molar-refractivity contribution in [3.05, 3.63) is 70.8 Å². The summed E-state index contributed by atoms with van der Waals surface area (Å²) in [5, 5.41) is 6.77. The van der Waals surface area contributed by atoms with Crippen LogP contribution >= 0.6 is 0 Å². The van der Waals surface area contributed by atoms with Crippen molar-refractivity contribution in [1.82, 2.24) is 15.5 Å². The first-order chi connectivity index (χ1) is 14.6. The molecule has 1 amide bonds. The van der Waals surface area contributed by atoms with Gasteiger partial charge < -0.3 is 15.4 Å². The van der Waals surface area contributed by atoms with Gasteiger partial charge in [0.05, 0.1) is 12.6 Å². The van der Waals surface area contributed by atoms with Gasteiger partial charge in [-0.1, -0.05) is 54.1 Å². The summed E-state index contributed by atoms with van der Waals surface area (Å²) in [6.45, 7) is 4.98. The van der Waals surface area contributed by atoms with Crippen LogP contribution in [-0.4, -0.2) is 55.7 Å². The molecule has 0 spiro atoms. The first-order valence-corrected chi connectivity index (χ1v) is 11.0. The van der Waals surface area contributed by atoms with E-state index in [4.69, 9.17) is 4.74 Å². The third-order valence-corrected chi connectivity index (χ3v) is 6.42. The van der Waals surface area contributed by atoms with Gasteiger partial charge in [0.2, 0.25) is 5.91 Å². The minimum absolute atomic E-state index is 0.0869. The maximum Gasteiger partial charge on any atom is 0.237 e. The lowest BCUT2D eigenvalue weighted by molar-refractivity contribution is -0.126. The lowest BCUT2D eigenvalue weighted by Gasteiger charge is -2.29. The quantitative estimate of drug-likeness (QED) is 0.660. The van der Waals surface area contributed by atoms with Gasteiger partial charge in [0.1, 0.15) is 0 Å². The van der Waals surface area contributed by atoms with Crippen LogP contribution in [-0.2, 0) is 28.9 Å². The number of methoxy groups -OCH3 is 1. The highest BCUT2D eigenvalue weighted by molar-refractivity contribution is 5.82. The maximum atomic E-state index is 13.0. The molecule has 1 heterocycles. The summed E-state index contributed by atoms with van der Waals surface area (Å²) in [7, 11) is 1.66. The number of nitrogens with zero attached hydrogens (tertiary/aromatic N) is 1. The third kappa shape index (κ3) is 4.91. The fourth-order valence-electron chi connectivity index (χ4n) is 4.92. The van der Waals surface area contributed by atoms with Crippen molar-refractivity contribution in [2.45, 2.75) is 50.9 Å². The monoisotopic (exact) mass is 407 g/mol. The van der Waals surface area contributed by atoms with E-state index in [0.717, 1.165) is 32.4 Å². The number of amides is 1. The van der Waals surface area contributed by atoms with Crippen molar-refractivity contribution in [3.8, 4) is 0 Å². The number of carbonyl (C=O) groups excluding carboxylic acids is 1. The Morgan fingerprint density at radius 2 is 1.90 bits per heavy atom. The number of benzene rings is 2. The molecule has 0 radical (unpaired) electrons. The highest BCUT2D eigenvalue weighted by Crippen LogP contribution is 2.31. The van der Waals surface area contributed by atoms with Crippen LogP contribution in [0.5, 0.6) is 0 Å². The molecular formula is C25H33N3O2. The van der Waals surface area contributed by atoms with E-state index in [1.54, 1.807) is 7.11 Å². The Kier molecular flexibility index (Phi) is 6.82. The van der Waals surface area contributed by atoms with Gasteiger partial charge in [-0.15, -0.1) is 0 Å². The minimum Gasteiger partial charge on any atom is -0.383 e. The fraction of sp³-hybridized carbons (Fsp3) is 0.480. The van der Waals surface area contributed by atoms with Gasteiger partial charge in [-0.05, 0) is 42.9 Å². The van der Waals surface area contributed by atoms with E-state index < -0.39 is 0 Å². The third-order valence-electron chi connectivity index (χ3n) is 6.42. The van der Waals surface area contributed by atoms with Crippen molar-refractivity contribution < 1.29 is 9.53 Å². The second-order valence-corrected chi connectivity index (χ2v) is 8.63. The molecule has 0 aromatic heterocycles. The predicted octanol–water partition coefficient (Wildman–Crippen LogP) is 2.46. The van der Waals surface area contributed by atoms with E-state index in [-0.39, 0.29) is 11.9 Å². The van der Waals surface area contributed by atoms with Gasteiger partial charge in [-0.2, -0.15) is 0 Å². The van der Waals surface area contributed by atoms with Crippen molar-refractivity contribution in [2.75, 3.05) is 26.8 Å². The fourth-order valence-corrected chi connectivity index (χ4v) is 4.92. The van der Waals surface area contributed by atoms with Gasteiger partial charge in [0, 0.05) is 38.8 Å². The molecule has 0 bridgehead atoms. The van der Waals surface area contributed by atoms with E-state index in [0.29, 0.717) is 25.2 Å². The molecule has 160 valence electrons. The van der Waals surface area contributed by atoms with Crippen molar-refractivity contribution in [1.29, 1.82) is 0 Å². The highest BCUT2D eigenvalue weighted by Gasteiger charge is 2.41. The number of likely N-dealkylation sites (tertiary alicyclic amines) is 1. The Labute approximate surface area is 179 Å². The van der Waals surface area contributed by atoms with Crippen molar-refractivity contribution in [3.63, 3.8) is 0 Å². The molecule has 30 heavy (non-hydrogen) atoms. The summed E-state index contributed by atoms with van der Waals surface area (Å²) in [5.41, 5.74) is 5.43. The molecular weight excluding hydrogens is 374 g/mol. The molecule has 2 aromatic rings. The van der Waals surface area contributed by atoms with Crippen LogP contribution in [0.25, 0.3) is 0 Å². The molecule has 4 rings (SSSR count). The Morgan fingerprint density at radius 1 is 1.13 bits per heavy atom. The second-order valence-electron chi connectivity index (χ2n) is 8.63. The zero-order valence-electron chi connectivity index (χ0n) is 18.1. The SMILES string of the molecule is COCCNC(=O)[C@@H]1C[C@H](NCc2cccc(C)c2)CN1C1Cc2ccccc2C1. The zero-order chi connectivity index (χ0) is 20.9. The zero-order valence-corrected chi connectivity index (χ0v) is 18.1. The molecule has 0 saturated carbocycles. The normalized spacial score (nSPS) is 21.7. The number of rotatable bonds is 8. The van der Waals surface area contributed by atoms with Crippen LogP contribution < -0.4 is 10.6 Å². The van der Waals surface area contributed by atoms with E-state index in [1.165, 1.54) is 22.3 Å². The number of aryl methyl sites for hydroxylation is 1. The smallest absolute Gasteiger partial charge is 0.237 e. The molecule has 0 unspecified atom stereocenters. The van der Waals surface area contributed by atoms with Gasteiger partial charge >= 0.3 is 0 Å². The Morgan fingerprint density at radius 3 is 2.60 bits per heavy atom. The summed E-state index contributed by atoms with van der Waals surface area (Å²) < 4.78 is 5.10. The lowest BCUT2D eigenvalue weighted by atomic mass is 10.1. The summed E-state index contributed by atoms with van der Waals surface area (Å²) in [4.78, 5) is 15.4. The summed E-state index contributed by atoms with van der Waals surface area (Å²) in [6.07, 6.45) is 2.91. The number of ether oxygens (including phenoxy) is 1. The van der Waals surface area contributed by atoms with E-state index in [2.05, 4.69) is 71.0 Å². The van der Waals surface area contributed by atoms with Crippen LogP contribution in [0.3, 0.4) is 0 Å². The predicted molar refractivity (Wildman–Crippen MR) is 119 cm³/mol. The molecule has 5 nitrogen and oxygen atoms in total. The topological polar surface area (TPSA) is 53.6 Å². The molecule has 1 fully saturated rings. The van der Waals surface area contributed by atoms with Crippen LogP contribution in [0.15, 0.2) is 48.5 Å². The Hall–Kier alpha value is -2.21. The Balaban J connectivity index is 1.42. The van der Waals surface area contributed by atoms with E-state index in [9.17, 15) is 4.79 Å². The molecule has 2 aliphatic rings. The summed E-state index contributed by atoms with van der Waals surface area (Å²) in [6, 6.07) is 17.9. The van der Waals surface area contributed by atoms with Crippen LogP contribution in [0.1, 0.15) is 28.7 Å². The second kappa shape index (κ2) is 9.73. The minimum atomic E-state index is -0.0869. The van der Waals surface area contributed by atoms with Gasteiger partial charge in [-0.25, -0.2) is 0 Å². The van der Waals surface area contributed by atoms with E-state index in [1.807, 2.05) is 0 Å². The van der Waals surface area contributed by atoms with Crippen LogP contribution in [0.4, 0.5) is 0 Å². The molecule has 5 heteroatoms. The summed E-state index contributed by atoms with van der Waals surface area (Å²) in [5.74, 6) is 0.128. The largest absolute Gasteiger partial charge is 0.383 e. The average molecular weight is 408 g/mol. The lowest BCUT2D eigenvalue weighted by Crippen LogP contribution is -2.48. The van der Waals surface area contributed by atoms with E-state index >= 15 is 0 Å². The van der Waals surface area contributed by atoms with Gasteiger partial charge in [0.25, 0.3) is 0 Å². The average Bonchev–Trinajstić information content (AvgIpc) is 3.36. The standard InChI is InChI=1S/C25H33N3O2/c1-18-6-5-7-19(12-18)16-27-22-15-24(25(29)26-10-11-30-2)28(17-22)23-13-20-8-3-4-9-21(20)14-23/h3-9,12,22-24,27H,10-11,13-17H2,1-2H3,(H,26,29)/t22-,24-/m0/s1. The highest BCUT2D eigenvalue weighted by atomic mass is 16.5. The molecule has 1 saturated heterocycles. The van der Waals surface area contributed by atoms with Crippen molar-refractivity contribution >= 4 is 5.91 Å². The molecule has 2 atom stereocenters. The molecule has 2 aromatic carbocycles. The number of nitrogens with one attached hydrogen (secondary N) is 2. The molecule has 1 aliphatic heterocycles. The van der Waals surface area contributed by atoms with Gasteiger partial charge in [0.15, 0.2) is 0 Å².